The molecular weight excluding hydrogens is 198 g/mol. The van der Waals surface area contributed by atoms with Crippen LogP contribution < -0.4 is 5.32 Å². The molecule has 0 spiro atoms. The van der Waals surface area contributed by atoms with Crippen molar-refractivity contribution in [1.82, 2.24) is 15.3 Å². The second-order valence-corrected chi connectivity index (χ2v) is 4.99. The average Bonchev–Trinajstić information content (AvgIpc) is 3.14. The van der Waals surface area contributed by atoms with Crippen molar-refractivity contribution in [2.75, 3.05) is 7.05 Å². The molecule has 16 heavy (non-hydrogen) atoms. The van der Waals surface area contributed by atoms with Crippen LogP contribution in [0.25, 0.3) is 0 Å². The molecule has 1 heterocycles. The number of rotatable bonds is 2. The standard InChI is InChI=1S/C13H19N3/c1-14-11-4-2-3-5-12-10(11)8-15-13(16-12)9-6-7-9/h8-9,11,14H,2-7H2,1H3. The zero-order valence-corrected chi connectivity index (χ0v) is 9.87. The molecule has 1 aromatic heterocycles. The number of aryl methyl sites for hydroxylation is 1. The van der Waals surface area contributed by atoms with Crippen molar-refractivity contribution in [3.05, 3.63) is 23.3 Å². The third kappa shape index (κ3) is 1.84. The Kier molecular flexibility index (Phi) is 2.64. The minimum Gasteiger partial charge on any atom is -0.313 e. The second-order valence-electron chi connectivity index (χ2n) is 4.99. The van der Waals surface area contributed by atoms with Gasteiger partial charge in [-0.05, 0) is 39.2 Å². The van der Waals surface area contributed by atoms with Gasteiger partial charge in [-0.25, -0.2) is 9.97 Å². The van der Waals surface area contributed by atoms with Crippen LogP contribution in [-0.4, -0.2) is 17.0 Å². The maximum Gasteiger partial charge on any atom is 0.131 e. The molecule has 86 valence electrons. The van der Waals surface area contributed by atoms with Crippen LogP contribution >= 0.6 is 0 Å². The molecule has 1 atom stereocenters. The van der Waals surface area contributed by atoms with Crippen LogP contribution in [0.1, 0.15) is 61.1 Å². The highest BCUT2D eigenvalue weighted by molar-refractivity contribution is 5.24. The molecule has 1 fully saturated rings. The molecule has 1 aromatic rings. The van der Waals surface area contributed by atoms with E-state index in [1.54, 1.807) is 0 Å². The van der Waals surface area contributed by atoms with Crippen molar-refractivity contribution in [2.45, 2.75) is 50.5 Å². The van der Waals surface area contributed by atoms with Gasteiger partial charge in [0.1, 0.15) is 5.82 Å². The van der Waals surface area contributed by atoms with Crippen LogP contribution in [0.4, 0.5) is 0 Å². The lowest BCUT2D eigenvalue weighted by atomic mass is 10.1. The van der Waals surface area contributed by atoms with Gasteiger partial charge in [0.25, 0.3) is 0 Å². The highest BCUT2D eigenvalue weighted by atomic mass is 14.9. The van der Waals surface area contributed by atoms with Crippen molar-refractivity contribution >= 4 is 0 Å². The van der Waals surface area contributed by atoms with Gasteiger partial charge in [-0.15, -0.1) is 0 Å². The Morgan fingerprint density at radius 2 is 2.12 bits per heavy atom. The lowest BCUT2D eigenvalue weighted by molar-refractivity contribution is 0.531. The van der Waals surface area contributed by atoms with Crippen molar-refractivity contribution in [3.8, 4) is 0 Å². The van der Waals surface area contributed by atoms with E-state index in [4.69, 9.17) is 4.98 Å². The van der Waals surface area contributed by atoms with E-state index in [2.05, 4.69) is 16.5 Å². The predicted octanol–water partition coefficient (Wildman–Crippen LogP) is 2.34. The zero-order valence-electron chi connectivity index (χ0n) is 9.87. The lowest BCUT2D eigenvalue weighted by Gasteiger charge is -2.16. The van der Waals surface area contributed by atoms with Gasteiger partial charge in [0.15, 0.2) is 0 Å². The summed E-state index contributed by atoms with van der Waals surface area (Å²) in [6.45, 7) is 0. The average molecular weight is 217 g/mol. The highest BCUT2D eigenvalue weighted by Crippen LogP contribution is 2.38. The van der Waals surface area contributed by atoms with Crippen LogP contribution in [0.2, 0.25) is 0 Å². The van der Waals surface area contributed by atoms with Gasteiger partial charge in [-0.1, -0.05) is 6.42 Å². The Morgan fingerprint density at radius 3 is 2.88 bits per heavy atom. The summed E-state index contributed by atoms with van der Waals surface area (Å²) in [7, 11) is 2.04. The topological polar surface area (TPSA) is 37.8 Å². The minimum absolute atomic E-state index is 0.464. The SMILES string of the molecule is CNC1CCCCc2nc(C3CC3)ncc21. The molecule has 0 bridgehead atoms. The number of fused-ring (bicyclic) bond motifs is 1. The van der Waals surface area contributed by atoms with E-state index in [1.807, 2.05) is 7.05 Å². The van der Waals surface area contributed by atoms with Crippen LogP contribution in [0, 0.1) is 0 Å². The first-order valence-corrected chi connectivity index (χ1v) is 6.41. The van der Waals surface area contributed by atoms with E-state index in [1.165, 1.54) is 43.4 Å². The van der Waals surface area contributed by atoms with E-state index in [0.29, 0.717) is 12.0 Å². The summed E-state index contributed by atoms with van der Waals surface area (Å²) in [6, 6.07) is 0.464. The molecular formula is C13H19N3. The number of aromatic nitrogens is 2. The Morgan fingerprint density at radius 1 is 1.25 bits per heavy atom. The van der Waals surface area contributed by atoms with Gasteiger partial charge >= 0.3 is 0 Å². The largest absolute Gasteiger partial charge is 0.313 e. The molecule has 0 radical (unpaired) electrons. The monoisotopic (exact) mass is 217 g/mol. The highest BCUT2D eigenvalue weighted by Gasteiger charge is 2.28. The van der Waals surface area contributed by atoms with E-state index in [-0.39, 0.29) is 0 Å². The number of hydrogen-bond donors (Lipinski definition) is 1. The van der Waals surface area contributed by atoms with E-state index in [9.17, 15) is 0 Å². The fourth-order valence-corrected chi connectivity index (χ4v) is 2.57. The van der Waals surface area contributed by atoms with Crippen LogP contribution in [0.3, 0.4) is 0 Å². The first kappa shape index (κ1) is 10.2. The maximum atomic E-state index is 4.78. The molecule has 0 amide bonds. The van der Waals surface area contributed by atoms with Gasteiger partial charge in [-0.3, -0.25) is 0 Å². The summed E-state index contributed by atoms with van der Waals surface area (Å²) in [5.74, 6) is 1.76. The molecule has 3 heteroatoms. The van der Waals surface area contributed by atoms with E-state index < -0.39 is 0 Å². The Hall–Kier alpha value is -0.960. The summed E-state index contributed by atoms with van der Waals surface area (Å²) in [4.78, 5) is 9.33. The second kappa shape index (κ2) is 4.13. The Balaban J connectivity index is 1.96. The van der Waals surface area contributed by atoms with Gasteiger partial charge in [0.05, 0.1) is 0 Å². The normalized spacial score (nSPS) is 24.9. The van der Waals surface area contributed by atoms with Gasteiger partial charge in [-0.2, -0.15) is 0 Å². The molecule has 1 unspecified atom stereocenters. The quantitative estimate of drug-likeness (QED) is 0.773. The summed E-state index contributed by atoms with van der Waals surface area (Å²) in [6.07, 6.45) is 9.56. The summed E-state index contributed by atoms with van der Waals surface area (Å²) in [5.41, 5.74) is 2.64. The minimum atomic E-state index is 0.464. The first-order valence-electron chi connectivity index (χ1n) is 6.41. The maximum absolute atomic E-state index is 4.78. The zero-order chi connectivity index (χ0) is 11.0. The molecule has 0 aliphatic heterocycles. The molecule has 2 aliphatic rings. The van der Waals surface area contributed by atoms with Crippen molar-refractivity contribution in [3.63, 3.8) is 0 Å². The summed E-state index contributed by atoms with van der Waals surface area (Å²) >= 11 is 0. The Labute approximate surface area is 96.7 Å². The smallest absolute Gasteiger partial charge is 0.131 e. The molecule has 3 nitrogen and oxygen atoms in total. The third-order valence-electron chi connectivity index (χ3n) is 3.74. The van der Waals surface area contributed by atoms with Gasteiger partial charge in [0, 0.05) is 29.4 Å². The number of nitrogens with one attached hydrogen (secondary N) is 1. The third-order valence-corrected chi connectivity index (χ3v) is 3.74. The van der Waals surface area contributed by atoms with Crippen LogP contribution in [0.15, 0.2) is 6.20 Å². The van der Waals surface area contributed by atoms with Crippen molar-refractivity contribution in [1.29, 1.82) is 0 Å². The van der Waals surface area contributed by atoms with Crippen molar-refractivity contribution < 1.29 is 0 Å². The summed E-state index contributed by atoms with van der Waals surface area (Å²) < 4.78 is 0. The number of hydrogen-bond acceptors (Lipinski definition) is 3. The fraction of sp³-hybridized carbons (Fsp3) is 0.692. The Bertz CT molecular complexity index is 385. The molecule has 1 N–H and O–H groups in total. The fourth-order valence-electron chi connectivity index (χ4n) is 2.57. The number of nitrogens with zero attached hydrogens (tertiary/aromatic N) is 2. The van der Waals surface area contributed by atoms with Crippen molar-refractivity contribution in [2.24, 2.45) is 0 Å². The van der Waals surface area contributed by atoms with Crippen LogP contribution in [-0.2, 0) is 6.42 Å². The first-order chi connectivity index (χ1) is 7.88. The predicted molar refractivity (Wildman–Crippen MR) is 63.4 cm³/mol. The molecule has 0 aromatic carbocycles. The van der Waals surface area contributed by atoms with Crippen LogP contribution in [0.5, 0.6) is 0 Å². The van der Waals surface area contributed by atoms with Gasteiger partial charge in [0.2, 0.25) is 0 Å². The lowest BCUT2D eigenvalue weighted by Crippen LogP contribution is -2.17. The molecule has 0 saturated heterocycles. The molecule has 1 saturated carbocycles. The van der Waals surface area contributed by atoms with Gasteiger partial charge < -0.3 is 5.32 Å². The van der Waals surface area contributed by atoms with E-state index >= 15 is 0 Å². The molecule has 3 rings (SSSR count). The molecule has 2 aliphatic carbocycles. The van der Waals surface area contributed by atoms with E-state index in [0.717, 1.165) is 12.2 Å². The summed E-state index contributed by atoms with van der Waals surface area (Å²) in [5, 5.41) is 3.38.